The maximum atomic E-state index is 6.14. The second-order valence-electron chi connectivity index (χ2n) is 4.36. The molecule has 2 rings (SSSR count). The number of alkyl halides is 1. The summed E-state index contributed by atoms with van der Waals surface area (Å²) in [5, 5.41) is 0.291. The normalized spacial score (nSPS) is 32.0. The summed E-state index contributed by atoms with van der Waals surface area (Å²) in [6.07, 6.45) is 6.80. The lowest BCUT2D eigenvalue weighted by Crippen LogP contribution is -2.20. The molecule has 76 valence electrons. The van der Waals surface area contributed by atoms with Gasteiger partial charge >= 0.3 is 0 Å². The monoisotopic (exact) mass is 210 g/mol. The van der Waals surface area contributed by atoms with Crippen LogP contribution < -0.4 is 5.73 Å². The second-order valence-corrected chi connectivity index (χ2v) is 4.98. The molecule has 1 aliphatic rings. The van der Waals surface area contributed by atoms with Gasteiger partial charge in [-0.15, -0.1) is 11.6 Å². The van der Waals surface area contributed by atoms with E-state index in [1.54, 1.807) is 6.20 Å². The number of anilines is 1. The van der Waals surface area contributed by atoms with Gasteiger partial charge in [0.15, 0.2) is 0 Å². The van der Waals surface area contributed by atoms with Gasteiger partial charge in [0.2, 0.25) is 0 Å². The first kappa shape index (κ1) is 9.78. The third-order valence-electron chi connectivity index (χ3n) is 3.19. The van der Waals surface area contributed by atoms with Crippen molar-refractivity contribution in [2.24, 2.45) is 0 Å². The van der Waals surface area contributed by atoms with Crippen LogP contribution in [0.15, 0.2) is 18.5 Å². The smallest absolute Gasteiger partial charge is 0.0383 e. The Bertz CT molecular complexity index is 340. The molecule has 2 unspecified atom stereocenters. The van der Waals surface area contributed by atoms with Gasteiger partial charge in [-0.3, -0.25) is 4.98 Å². The van der Waals surface area contributed by atoms with E-state index in [9.17, 15) is 0 Å². The van der Waals surface area contributed by atoms with Gasteiger partial charge in [-0.2, -0.15) is 0 Å². The number of rotatable bonds is 1. The van der Waals surface area contributed by atoms with Crippen LogP contribution in [-0.4, -0.2) is 10.4 Å². The first-order chi connectivity index (χ1) is 6.62. The zero-order chi connectivity index (χ0) is 10.2. The van der Waals surface area contributed by atoms with Crippen molar-refractivity contribution in [3.05, 3.63) is 24.0 Å². The fourth-order valence-corrected chi connectivity index (χ4v) is 2.77. The van der Waals surface area contributed by atoms with E-state index in [-0.39, 0.29) is 5.41 Å². The zero-order valence-corrected chi connectivity index (χ0v) is 9.09. The lowest BCUT2D eigenvalue weighted by Gasteiger charge is -2.25. The predicted octanol–water partition coefficient (Wildman–Crippen LogP) is 2.71. The largest absolute Gasteiger partial charge is 0.398 e. The van der Waals surface area contributed by atoms with Crippen LogP contribution in [0.3, 0.4) is 0 Å². The molecule has 0 bridgehead atoms. The highest BCUT2D eigenvalue weighted by atomic mass is 35.5. The highest BCUT2D eigenvalue weighted by Crippen LogP contribution is 2.44. The summed E-state index contributed by atoms with van der Waals surface area (Å²) in [5.74, 6) is 0. The maximum Gasteiger partial charge on any atom is 0.0383 e. The van der Waals surface area contributed by atoms with Crippen molar-refractivity contribution in [1.82, 2.24) is 4.98 Å². The van der Waals surface area contributed by atoms with Gasteiger partial charge in [-0.25, -0.2) is 0 Å². The minimum absolute atomic E-state index is 0.130. The number of nitrogen functional groups attached to an aromatic ring is 1. The van der Waals surface area contributed by atoms with E-state index in [1.165, 1.54) is 0 Å². The summed E-state index contributed by atoms with van der Waals surface area (Å²) < 4.78 is 0. The van der Waals surface area contributed by atoms with E-state index >= 15 is 0 Å². The Kier molecular flexibility index (Phi) is 2.40. The van der Waals surface area contributed by atoms with E-state index in [0.717, 1.165) is 30.5 Å². The fraction of sp³-hybridized carbons (Fsp3) is 0.545. The number of halogens is 1. The number of pyridine rings is 1. The average Bonchev–Trinajstić information content (AvgIpc) is 2.48. The molecular formula is C11H15ClN2. The molecule has 14 heavy (non-hydrogen) atoms. The average molecular weight is 211 g/mol. The van der Waals surface area contributed by atoms with Crippen LogP contribution in [0.5, 0.6) is 0 Å². The Morgan fingerprint density at radius 3 is 3.00 bits per heavy atom. The molecular weight excluding hydrogens is 196 g/mol. The van der Waals surface area contributed by atoms with Crippen molar-refractivity contribution < 1.29 is 0 Å². The maximum absolute atomic E-state index is 6.14. The Morgan fingerprint density at radius 1 is 1.64 bits per heavy atom. The molecule has 0 aromatic carbocycles. The van der Waals surface area contributed by atoms with Gasteiger partial charge in [0.05, 0.1) is 0 Å². The number of hydrogen-bond donors (Lipinski definition) is 1. The molecule has 2 N–H and O–H groups in total. The van der Waals surface area contributed by atoms with Crippen molar-refractivity contribution in [2.45, 2.75) is 37.0 Å². The highest BCUT2D eigenvalue weighted by molar-refractivity contribution is 6.20. The lowest BCUT2D eigenvalue weighted by molar-refractivity contribution is 0.492. The number of nitrogens with zero attached hydrogens (tertiary/aromatic N) is 1. The number of nitrogens with two attached hydrogens (primary N) is 1. The van der Waals surface area contributed by atoms with E-state index < -0.39 is 0 Å². The van der Waals surface area contributed by atoms with Crippen LogP contribution in [0.1, 0.15) is 31.7 Å². The standard InChI is InChI=1S/C11H15ClN2/c1-11(4-2-8(12)6-11)9-7-14-5-3-10(9)13/h3,5,7-8H,2,4,6H2,1H3,(H2,13,14). The molecule has 1 heterocycles. The molecule has 0 amide bonds. The van der Waals surface area contributed by atoms with E-state index in [2.05, 4.69) is 11.9 Å². The summed E-state index contributed by atoms with van der Waals surface area (Å²) in [6, 6.07) is 1.86. The van der Waals surface area contributed by atoms with E-state index in [0.29, 0.717) is 5.38 Å². The van der Waals surface area contributed by atoms with E-state index in [4.69, 9.17) is 17.3 Å². The van der Waals surface area contributed by atoms with Crippen LogP contribution in [0, 0.1) is 0 Å². The van der Waals surface area contributed by atoms with Gasteiger partial charge in [0.1, 0.15) is 0 Å². The van der Waals surface area contributed by atoms with E-state index in [1.807, 2.05) is 12.3 Å². The molecule has 1 aliphatic carbocycles. The van der Waals surface area contributed by atoms with Crippen LogP contribution in [0.4, 0.5) is 5.69 Å². The first-order valence-corrected chi connectivity index (χ1v) is 5.39. The molecule has 0 saturated heterocycles. The Hall–Kier alpha value is -0.760. The molecule has 0 spiro atoms. The van der Waals surface area contributed by atoms with Gasteiger partial charge in [-0.1, -0.05) is 6.92 Å². The Balaban J connectivity index is 2.35. The summed E-state index contributed by atoms with van der Waals surface area (Å²) in [4.78, 5) is 4.14. The third kappa shape index (κ3) is 1.59. The van der Waals surface area contributed by atoms with Crippen LogP contribution in [0.25, 0.3) is 0 Å². The molecule has 2 atom stereocenters. The zero-order valence-electron chi connectivity index (χ0n) is 8.33. The summed E-state index contributed by atoms with van der Waals surface area (Å²) in [6.45, 7) is 2.22. The molecule has 1 saturated carbocycles. The number of aromatic nitrogens is 1. The first-order valence-electron chi connectivity index (χ1n) is 4.96. The molecule has 3 heteroatoms. The highest BCUT2D eigenvalue weighted by Gasteiger charge is 2.36. The summed E-state index contributed by atoms with van der Waals surface area (Å²) in [7, 11) is 0. The topological polar surface area (TPSA) is 38.9 Å². The molecule has 1 aromatic heterocycles. The van der Waals surface area contributed by atoms with Crippen LogP contribution in [-0.2, 0) is 5.41 Å². The van der Waals surface area contributed by atoms with Crippen molar-refractivity contribution in [2.75, 3.05) is 5.73 Å². The molecule has 0 radical (unpaired) electrons. The Morgan fingerprint density at radius 2 is 2.43 bits per heavy atom. The molecule has 1 fully saturated rings. The minimum atomic E-state index is 0.130. The lowest BCUT2D eigenvalue weighted by atomic mass is 9.81. The SMILES string of the molecule is CC1(c2cnccc2N)CCC(Cl)C1. The van der Waals surface area contributed by atoms with Gasteiger partial charge < -0.3 is 5.73 Å². The van der Waals surface area contributed by atoms with Gasteiger partial charge in [0.25, 0.3) is 0 Å². The van der Waals surface area contributed by atoms with Crippen molar-refractivity contribution in [1.29, 1.82) is 0 Å². The molecule has 0 aliphatic heterocycles. The van der Waals surface area contributed by atoms with Gasteiger partial charge in [0, 0.05) is 23.5 Å². The Labute approximate surface area is 89.5 Å². The summed E-state index contributed by atoms with van der Waals surface area (Å²) in [5.41, 5.74) is 8.07. The van der Waals surface area contributed by atoms with Crippen molar-refractivity contribution in [3.63, 3.8) is 0 Å². The number of hydrogen-bond acceptors (Lipinski definition) is 2. The van der Waals surface area contributed by atoms with Gasteiger partial charge in [-0.05, 0) is 36.3 Å². The van der Waals surface area contributed by atoms with Crippen molar-refractivity contribution in [3.8, 4) is 0 Å². The third-order valence-corrected chi connectivity index (χ3v) is 3.56. The fourth-order valence-electron chi connectivity index (χ4n) is 2.32. The van der Waals surface area contributed by atoms with Crippen molar-refractivity contribution >= 4 is 17.3 Å². The van der Waals surface area contributed by atoms with Crippen LogP contribution >= 0.6 is 11.6 Å². The molecule has 2 nitrogen and oxygen atoms in total. The minimum Gasteiger partial charge on any atom is -0.398 e. The molecule has 1 aromatic rings. The quantitative estimate of drug-likeness (QED) is 0.724. The summed E-state index contributed by atoms with van der Waals surface area (Å²) >= 11 is 6.14. The van der Waals surface area contributed by atoms with Crippen LogP contribution in [0.2, 0.25) is 0 Å². The second kappa shape index (κ2) is 3.43. The predicted molar refractivity (Wildman–Crippen MR) is 59.5 cm³/mol.